The first kappa shape index (κ1) is 13.3. The molecule has 0 aromatic heterocycles. The van der Waals surface area contributed by atoms with Crippen LogP contribution in [-0.4, -0.2) is 13.2 Å². The van der Waals surface area contributed by atoms with Crippen LogP contribution in [0.15, 0.2) is 48.5 Å². The van der Waals surface area contributed by atoms with Gasteiger partial charge in [0.05, 0.1) is 13.2 Å². The number of hydrogen-bond acceptors (Lipinski definition) is 3. The fourth-order valence-electron chi connectivity index (χ4n) is 1.75. The van der Waals surface area contributed by atoms with Gasteiger partial charge in [-0.25, -0.2) is 0 Å². The molecule has 3 nitrogen and oxygen atoms in total. The Morgan fingerprint density at radius 2 is 1.53 bits per heavy atom. The summed E-state index contributed by atoms with van der Waals surface area (Å²) in [6.07, 6.45) is 0.836. The van der Waals surface area contributed by atoms with Crippen LogP contribution in [-0.2, 0) is 0 Å². The summed E-state index contributed by atoms with van der Waals surface area (Å²) in [5.41, 5.74) is 7.59. The van der Waals surface area contributed by atoms with Crippen molar-refractivity contribution in [1.82, 2.24) is 0 Å². The maximum absolute atomic E-state index is 5.67. The number of ether oxygens (including phenoxy) is 2. The van der Waals surface area contributed by atoms with Crippen LogP contribution in [0.3, 0.4) is 0 Å². The summed E-state index contributed by atoms with van der Waals surface area (Å²) >= 11 is 0. The van der Waals surface area contributed by atoms with Crippen LogP contribution in [0.5, 0.6) is 11.5 Å². The monoisotopic (exact) mass is 257 g/mol. The Morgan fingerprint density at radius 1 is 0.895 bits per heavy atom. The largest absolute Gasteiger partial charge is 0.493 e. The third-order valence-corrected chi connectivity index (χ3v) is 2.67. The molecule has 0 saturated heterocycles. The van der Waals surface area contributed by atoms with E-state index in [2.05, 4.69) is 13.0 Å². The first-order chi connectivity index (χ1) is 9.24. The van der Waals surface area contributed by atoms with Crippen LogP contribution in [0, 0.1) is 6.92 Å². The first-order valence-corrected chi connectivity index (χ1v) is 6.42. The van der Waals surface area contributed by atoms with Gasteiger partial charge in [-0.1, -0.05) is 18.2 Å². The maximum Gasteiger partial charge on any atom is 0.121 e. The van der Waals surface area contributed by atoms with E-state index in [4.69, 9.17) is 15.2 Å². The molecule has 0 amide bonds. The average Bonchev–Trinajstić information content (AvgIpc) is 2.38. The number of aryl methyl sites for hydroxylation is 1. The van der Waals surface area contributed by atoms with Crippen LogP contribution < -0.4 is 15.2 Å². The summed E-state index contributed by atoms with van der Waals surface area (Å²) in [6.45, 7) is 3.32. The molecule has 0 aliphatic carbocycles. The van der Waals surface area contributed by atoms with Crippen LogP contribution in [0.4, 0.5) is 5.69 Å². The van der Waals surface area contributed by atoms with Gasteiger partial charge < -0.3 is 15.2 Å². The van der Waals surface area contributed by atoms with Gasteiger partial charge in [0.15, 0.2) is 0 Å². The minimum absolute atomic E-state index is 0.620. The minimum atomic E-state index is 0.620. The second kappa shape index (κ2) is 6.69. The highest BCUT2D eigenvalue weighted by molar-refractivity contribution is 5.43. The smallest absolute Gasteiger partial charge is 0.121 e. The van der Waals surface area contributed by atoms with Crippen LogP contribution in [0.1, 0.15) is 12.0 Å². The lowest BCUT2D eigenvalue weighted by Crippen LogP contribution is -2.05. The van der Waals surface area contributed by atoms with E-state index in [1.807, 2.05) is 42.5 Å². The van der Waals surface area contributed by atoms with Crippen molar-refractivity contribution in [2.45, 2.75) is 13.3 Å². The average molecular weight is 257 g/mol. The van der Waals surface area contributed by atoms with E-state index in [1.165, 1.54) is 5.56 Å². The Bertz CT molecular complexity index is 478. The van der Waals surface area contributed by atoms with E-state index in [0.717, 1.165) is 17.9 Å². The summed E-state index contributed by atoms with van der Waals surface area (Å²) in [7, 11) is 0. The highest BCUT2D eigenvalue weighted by Gasteiger charge is 1.96. The molecule has 0 atom stereocenters. The predicted molar refractivity (Wildman–Crippen MR) is 77.6 cm³/mol. The molecule has 2 aromatic rings. The normalized spacial score (nSPS) is 10.2. The minimum Gasteiger partial charge on any atom is -0.493 e. The molecule has 0 unspecified atom stereocenters. The number of nitrogen functional groups attached to an aromatic ring is 1. The molecule has 2 rings (SSSR count). The van der Waals surface area contributed by atoms with Gasteiger partial charge in [0, 0.05) is 18.2 Å². The molecular weight excluding hydrogens is 238 g/mol. The first-order valence-electron chi connectivity index (χ1n) is 6.42. The molecule has 19 heavy (non-hydrogen) atoms. The van der Waals surface area contributed by atoms with E-state index in [0.29, 0.717) is 18.9 Å². The second-order valence-corrected chi connectivity index (χ2v) is 4.44. The second-order valence-electron chi connectivity index (χ2n) is 4.44. The zero-order chi connectivity index (χ0) is 13.5. The van der Waals surface area contributed by atoms with Gasteiger partial charge in [0.25, 0.3) is 0 Å². The molecule has 0 heterocycles. The Balaban J connectivity index is 1.67. The van der Waals surface area contributed by atoms with Crippen molar-refractivity contribution >= 4 is 5.69 Å². The summed E-state index contributed by atoms with van der Waals surface area (Å²) < 4.78 is 11.2. The van der Waals surface area contributed by atoms with E-state index in [-0.39, 0.29) is 0 Å². The number of anilines is 1. The fraction of sp³-hybridized carbons (Fsp3) is 0.250. The fourth-order valence-corrected chi connectivity index (χ4v) is 1.75. The Morgan fingerprint density at radius 3 is 2.16 bits per heavy atom. The van der Waals surface area contributed by atoms with Gasteiger partial charge in [0.1, 0.15) is 11.5 Å². The third-order valence-electron chi connectivity index (χ3n) is 2.67. The molecule has 0 fully saturated rings. The quantitative estimate of drug-likeness (QED) is 0.637. The molecule has 0 saturated carbocycles. The van der Waals surface area contributed by atoms with E-state index in [1.54, 1.807) is 0 Å². The van der Waals surface area contributed by atoms with Gasteiger partial charge in [-0.05, 0) is 36.8 Å². The van der Waals surface area contributed by atoms with Crippen molar-refractivity contribution in [2.75, 3.05) is 18.9 Å². The number of rotatable bonds is 6. The Labute approximate surface area is 114 Å². The summed E-state index contributed by atoms with van der Waals surface area (Å²) in [4.78, 5) is 0. The Hall–Kier alpha value is -2.16. The highest BCUT2D eigenvalue weighted by Crippen LogP contribution is 2.15. The molecule has 0 aliphatic rings. The van der Waals surface area contributed by atoms with Gasteiger partial charge in [-0.15, -0.1) is 0 Å². The van der Waals surface area contributed by atoms with E-state index in [9.17, 15) is 0 Å². The summed E-state index contributed by atoms with van der Waals surface area (Å²) in [5, 5.41) is 0. The lowest BCUT2D eigenvalue weighted by molar-refractivity contribution is 0.247. The van der Waals surface area contributed by atoms with Crippen molar-refractivity contribution in [3.63, 3.8) is 0 Å². The van der Waals surface area contributed by atoms with Crippen LogP contribution in [0.25, 0.3) is 0 Å². The zero-order valence-electron chi connectivity index (χ0n) is 11.1. The predicted octanol–water partition coefficient (Wildman–Crippen LogP) is 3.43. The lowest BCUT2D eigenvalue weighted by atomic mass is 10.2. The molecule has 0 bridgehead atoms. The van der Waals surface area contributed by atoms with Crippen molar-refractivity contribution in [2.24, 2.45) is 0 Å². The van der Waals surface area contributed by atoms with Crippen LogP contribution in [0.2, 0.25) is 0 Å². The highest BCUT2D eigenvalue weighted by atomic mass is 16.5. The molecular formula is C16H19NO2. The van der Waals surface area contributed by atoms with Crippen LogP contribution >= 0.6 is 0 Å². The molecule has 0 radical (unpaired) electrons. The molecule has 0 aliphatic heterocycles. The molecule has 2 N–H and O–H groups in total. The lowest BCUT2D eigenvalue weighted by Gasteiger charge is -2.08. The number of nitrogens with two attached hydrogens (primary N) is 1. The summed E-state index contributed by atoms with van der Waals surface area (Å²) in [6, 6.07) is 15.5. The number of benzene rings is 2. The maximum atomic E-state index is 5.67. The molecule has 2 aromatic carbocycles. The van der Waals surface area contributed by atoms with Gasteiger partial charge in [0.2, 0.25) is 0 Å². The van der Waals surface area contributed by atoms with Gasteiger partial charge in [-0.3, -0.25) is 0 Å². The zero-order valence-corrected chi connectivity index (χ0v) is 11.1. The van der Waals surface area contributed by atoms with Gasteiger partial charge in [-0.2, -0.15) is 0 Å². The van der Waals surface area contributed by atoms with E-state index >= 15 is 0 Å². The SMILES string of the molecule is Cc1cccc(OCCCOc2cccc(N)c2)c1. The molecule has 3 heteroatoms. The third kappa shape index (κ3) is 4.54. The topological polar surface area (TPSA) is 44.5 Å². The van der Waals surface area contributed by atoms with Crippen molar-refractivity contribution in [3.8, 4) is 11.5 Å². The molecule has 100 valence electrons. The molecule has 0 spiro atoms. The van der Waals surface area contributed by atoms with Gasteiger partial charge >= 0.3 is 0 Å². The summed E-state index contributed by atoms with van der Waals surface area (Å²) in [5.74, 6) is 1.71. The van der Waals surface area contributed by atoms with Crippen molar-refractivity contribution < 1.29 is 9.47 Å². The van der Waals surface area contributed by atoms with E-state index < -0.39 is 0 Å². The standard InChI is InChI=1S/C16H19NO2/c1-13-5-2-7-15(11-13)18-9-4-10-19-16-8-3-6-14(17)12-16/h2-3,5-8,11-12H,4,9-10,17H2,1H3. The number of hydrogen-bond donors (Lipinski definition) is 1. The van der Waals surface area contributed by atoms with Crippen molar-refractivity contribution in [3.05, 3.63) is 54.1 Å². The Kier molecular flexibility index (Phi) is 4.67. The van der Waals surface area contributed by atoms with Crippen molar-refractivity contribution in [1.29, 1.82) is 0 Å².